The summed E-state index contributed by atoms with van der Waals surface area (Å²) in [4.78, 5) is 23.4. The quantitative estimate of drug-likeness (QED) is 0.716. The van der Waals surface area contributed by atoms with E-state index in [1.807, 2.05) is 0 Å². The van der Waals surface area contributed by atoms with Gasteiger partial charge < -0.3 is 10.5 Å². The van der Waals surface area contributed by atoms with E-state index < -0.39 is 11.7 Å². The normalized spacial score (nSPS) is 10.9. The second kappa shape index (κ2) is 4.95. The van der Waals surface area contributed by atoms with Gasteiger partial charge in [0.1, 0.15) is 5.60 Å². The van der Waals surface area contributed by atoms with Gasteiger partial charge in [-0.2, -0.15) is 0 Å². The monoisotopic (exact) mass is 202 g/mol. The molecule has 5 heteroatoms. The van der Waals surface area contributed by atoms with E-state index in [1.165, 1.54) is 6.92 Å². The zero-order chi connectivity index (χ0) is 11.4. The van der Waals surface area contributed by atoms with Gasteiger partial charge in [0.05, 0.1) is 0 Å². The fourth-order valence-electron chi connectivity index (χ4n) is 0.823. The van der Waals surface area contributed by atoms with Crippen molar-refractivity contribution in [2.45, 2.75) is 33.3 Å². The molecule has 0 aliphatic heterocycles. The van der Waals surface area contributed by atoms with Gasteiger partial charge in [-0.3, -0.25) is 4.79 Å². The second-order valence-electron chi connectivity index (χ2n) is 3.94. The van der Waals surface area contributed by atoms with E-state index in [0.29, 0.717) is 0 Å². The minimum absolute atomic E-state index is 0.185. The summed E-state index contributed by atoms with van der Waals surface area (Å²) in [5.41, 5.74) is 4.67. The molecule has 0 radical (unpaired) electrons. The lowest BCUT2D eigenvalue weighted by Crippen LogP contribution is -2.42. The van der Waals surface area contributed by atoms with Gasteiger partial charge in [0, 0.05) is 20.0 Å². The predicted molar refractivity (Wildman–Crippen MR) is 52.7 cm³/mol. The van der Waals surface area contributed by atoms with Gasteiger partial charge >= 0.3 is 6.09 Å². The zero-order valence-corrected chi connectivity index (χ0v) is 9.16. The van der Waals surface area contributed by atoms with Crippen LogP contribution in [0.3, 0.4) is 0 Å². The van der Waals surface area contributed by atoms with Crippen molar-refractivity contribution in [2.24, 2.45) is 5.73 Å². The van der Waals surface area contributed by atoms with E-state index in [1.54, 1.807) is 20.8 Å². The molecule has 0 spiro atoms. The SMILES string of the molecule is CC(=O)N(CCN)C(=O)OC(C)(C)C. The van der Waals surface area contributed by atoms with E-state index >= 15 is 0 Å². The van der Waals surface area contributed by atoms with Crippen LogP contribution < -0.4 is 5.73 Å². The maximum atomic E-state index is 11.4. The van der Waals surface area contributed by atoms with E-state index in [4.69, 9.17) is 10.5 Å². The molecule has 0 aliphatic rings. The fourth-order valence-corrected chi connectivity index (χ4v) is 0.823. The number of carbonyl (C=O) groups is 2. The van der Waals surface area contributed by atoms with Gasteiger partial charge in [0.25, 0.3) is 0 Å². The fraction of sp³-hybridized carbons (Fsp3) is 0.778. The molecule has 2 amide bonds. The van der Waals surface area contributed by atoms with Crippen LogP contribution in [0.5, 0.6) is 0 Å². The summed E-state index contributed by atoms with van der Waals surface area (Å²) >= 11 is 0. The van der Waals surface area contributed by atoms with Gasteiger partial charge in [-0.25, -0.2) is 9.69 Å². The topological polar surface area (TPSA) is 72.6 Å². The Hall–Kier alpha value is -1.10. The predicted octanol–water partition coefficient (Wildman–Crippen LogP) is 0.729. The Balaban J connectivity index is 4.38. The van der Waals surface area contributed by atoms with Crippen LogP contribution in [0.2, 0.25) is 0 Å². The van der Waals surface area contributed by atoms with Crippen molar-refractivity contribution in [1.82, 2.24) is 4.90 Å². The van der Waals surface area contributed by atoms with E-state index in [2.05, 4.69) is 0 Å². The first-order valence-electron chi connectivity index (χ1n) is 4.49. The summed E-state index contributed by atoms with van der Waals surface area (Å²) in [5, 5.41) is 0. The molecule has 2 N–H and O–H groups in total. The molecule has 0 aromatic rings. The maximum Gasteiger partial charge on any atom is 0.417 e. The van der Waals surface area contributed by atoms with Gasteiger partial charge in [-0.1, -0.05) is 0 Å². The lowest BCUT2D eigenvalue weighted by atomic mass is 10.2. The first kappa shape index (κ1) is 12.9. The summed E-state index contributed by atoms with van der Waals surface area (Å²) < 4.78 is 5.02. The number of imide groups is 1. The molecule has 0 aromatic carbocycles. The Morgan fingerprint density at radius 1 is 1.36 bits per heavy atom. The van der Waals surface area contributed by atoms with Gasteiger partial charge in [0.15, 0.2) is 0 Å². The molecule has 14 heavy (non-hydrogen) atoms. The largest absolute Gasteiger partial charge is 0.443 e. The third kappa shape index (κ3) is 4.81. The molecular formula is C9H18N2O3. The summed E-state index contributed by atoms with van der Waals surface area (Å²) in [6, 6.07) is 0. The Morgan fingerprint density at radius 2 is 1.86 bits per heavy atom. The summed E-state index contributed by atoms with van der Waals surface area (Å²) in [5.74, 6) is -0.357. The van der Waals surface area contributed by atoms with Crippen LogP contribution in [0.25, 0.3) is 0 Å². The van der Waals surface area contributed by atoms with Crippen molar-refractivity contribution < 1.29 is 14.3 Å². The van der Waals surface area contributed by atoms with Gasteiger partial charge in [0.2, 0.25) is 5.91 Å². The van der Waals surface area contributed by atoms with Crippen molar-refractivity contribution in [3.63, 3.8) is 0 Å². The summed E-state index contributed by atoms with van der Waals surface area (Å²) in [6.07, 6.45) is -0.643. The third-order valence-electron chi connectivity index (χ3n) is 1.35. The Morgan fingerprint density at radius 3 is 2.14 bits per heavy atom. The molecule has 0 aliphatic carbocycles. The molecule has 82 valence electrons. The first-order chi connectivity index (χ1) is 6.28. The minimum atomic E-state index is -0.643. The number of carbonyl (C=O) groups excluding carboxylic acids is 2. The molecule has 0 saturated heterocycles. The minimum Gasteiger partial charge on any atom is -0.443 e. The van der Waals surface area contributed by atoms with Crippen molar-refractivity contribution in [1.29, 1.82) is 0 Å². The van der Waals surface area contributed by atoms with Crippen molar-refractivity contribution in [3.8, 4) is 0 Å². The molecule has 0 aromatic heterocycles. The number of nitrogens with two attached hydrogens (primary N) is 1. The highest BCUT2D eigenvalue weighted by atomic mass is 16.6. The molecule has 0 unspecified atom stereocenters. The van der Waals surface area contributed by atoms with E-state index in [-0.39, 0.29) is 19.0 Å². The molecule has 0 rings (SSSR count). The van der Waals surface area contributed by atoms with Crippen LogP contribution in [-0.4, -0.2) is 35.6 Å². The zero-order valence-electron chi connectivity index (χ0n) is 9.16. The molecule has 0 bridgehead atoms. The first-order valence-corrected chi connectivity index (χ1v) is 4.49. The highest BCUT2D eigenvalue weighted by molar-refractivity contribution is 5.90. The van der Waals surface area contributed by atoms with Crippen molar-refractivity contribution >= 4 is 12.0 Å². The maximum absolute atomic E-state index is 11.4. The number of hydrogen-bond acceptors (Lipinski definition) is 4. The Labute approximate surface area is 84.2 Å². The Kier molecular flexibility index (Phi) is 4.56. The molecule has 5 nitrogen and oxygen atoms in total. The van der Waals surface area contributed by atoms with Crippen LogP contribution in [0, 0.1) is 0 Å². The molecule has 0 fully saturated rings. The molecule has 0 atom stereocenters. The van der Waals surface area contributed by atoms with E-state index in [0.717, 1.165) is 4.90 Å². The highest BCUT2D eigenvalue weighted by Gasteiger charge is 2.23. The van der Waals surface area contributed by atoms with Crippen LogP contribution in [-0.2, 0) is 9.53 Å². The summed E-state index contributed by atoms with van der Waals surface area (Å²) in [7, 11) is 0. The van der Waals surface area contributed by atoms with E-state index in [9.17, 15) is 9.59 Å². The number of rotatable bonds is 2. The van der Waals surface area contributed by atoms with Crippen LogP contribution in [0.4, 0.5) is 4.79 Å². The van der Waals surface area contributed by atoms with Crippen LogP contribution >= 0.6 is 0 Å². The standard InChI is InChI=1S/C9H18N2O3/c1-7(12)11(6-5-10)8(13)14-9(2,3)4/h5-6,10H2,1-4H3. The Bertz CT molecular complexity index is 221. The number of ether oxygens (including phenoxy) is 1. The smallest absolute Gasteiger partial charge is 0.417 e. The lowest BCUT2D eigenvalue weighted by molar-refractivity contribution is -0.127. The lowest BCUT2D eigenvalue weighted by Gasteiger charge is -2.24. The molecular weight excluding hydrogens is 184 g/mol. The number of nitrogens with zero attached hydrogens (tertiary/aromatic N) is 1. The average Bonchev–Trinajstić information content (AvgIpc) is 1.95. The van der Waals surface area contributed by atoms with Crippen molar-refractivity contribution in [3.05, 3.63) is 0 Å². The number of hydrogen-bond donors (Lipinski definition) is 1. The molecule has 0 saturated carbocycles. The third-order valence-corrected chi connectivity index (χ3v) is 1.35. The average molecular weight is 202 g/mol. The molecule has 0 heterocycles. The van der Waals surface area contributed by atoms with Gasteiger partial charge in [-0.15, -0.1) is 0 Å². The second-order valence-corrected chi connectivity index (χ2v) is 3.94. The van der Waals surface area contributed by atoms with Gasteiger partial charge in [-0.05, 0) is 20.8 Å². The summed E-state index contributed by atoms with van der Waals surface area (Å²) in [6.45, 7) is 6.95. The van der Waals surface area contributed by atoms with Crippen molar-refractivity contribution in [2.75, 3.05) is 13.1 Å². The highest BCUT2D eigenvalue weighted by Crippen LogP contribution is 2.09. The van der Waals surface area contributed by atoms with Crippen LogP contribution in [0.15, 0.2) is 0 Å². The van der Waals surface area contributed by atoms with Crippen LogP contribution in [0.1, 0.15) is 27.7 Å². The number of amides is 2.